The quantitative estimate of drug-likeness (QED) is 0.897. The molecule has 136 valence electrons. The molecular formula is C21H24N2O3. The molecule has 2 aromatic rings. The second kappa shape index (κ2) is 7.30. The third-order valence-corrected chi connectivity index (χ3v) is 4.72. The molecule has 0 aliphatic carbocycles. The Hall–Kier alpha value is -2.66. The number of methoxy groups -OCH3 is 1. The van der Waals surface area contributed by atoms with Gasteiger partial charge in [-0.2, -0.15) is 10.1 Å². The number of hydrazone groups is 1. The Balaban J connectivity index is 1.88. The summed E-state index contributed by atoms with van der Waals surface area (Å²) in [6.07, 6.45) is 1.20. The monoisotopic (exact) mass is 352 g/mol. The maximum absolute atomic E-state index is 12.9. The van der Waals surface area contributed by atoms with Gasteiger partial charge in [-0.3, -0.25) is 4.79 Å². The largest absolute Gasteiger partial charge is 0.497 e. The van der Waals surface area contributed by atoms with Crippen LogP contribution in [0.2, 0.25) is 0 Å². The van der Waals surface area contributed by atoms with E-state index in [1.165, 1.54) is 5.01 Å². The molecule has 0 unspecified atom stereocenters. The maximum atomic E-state index is 12.9. The predicted octanol–water partition coefficient (Wildman–Crippen LogP) is 3.39. The van der Waals surface area contributed by atoms with Crippen molar-refractivity contribution in [3.8, 4) is 5.75 Å². The molecule has 0 aromatic heterocycles. The first-order chi connectivity index (χ1) is 12.5. The standard InChI is InChI=1S/C21H24N2O3/c1-4-18-14-21(25,17-9-11-19(26-3)12-10-17)23(22-18)20(24)13-16-7-5-15(2)6-8-16/h5-12,25H,4,13-14H2,1-3H3/t21-/m1/s1. The Morgan fingerprint density at radius 2 is 1.85 bits per heavy atom. The van der Waals surface area contributed by atoms with Gasteiger partial charge in [-0.1, -0.05) is 48.9 Å². The first-order valence-corrected chi connectivity index (χ1v) is 8.78. The third-order valence-electron chi connectivity index (χ3n) is 4.72. The summed E-state index contributed by atoms with van der Waals surface area (Å²) in [5, 5.41) is 17.0. The molecule has 3 rings (SSSR count). The first-order valence-electron chi connectivity index (χ1n) is 8.78. The summed E-state index contributed by atoms with van der Waals surface area (Å²) in [5.41, 5.74) is 2.02. The summed E-state index contributed by atoms with van der Waals surface area (Å²) in [5.74, 6) is 0.472. The number of benzene rings is 2. The van der Waals surface area contributed by atoms with Gasteiger partial charge in [-0.15, -0.1) is 0 Å². The van der Waals surface area contributed by atoms with Gasteiger partial charge in [0.25, 0.3) is 0 Å². The molecule has 2 aromatic carbocycles. The fraction of sp³-hybridized carbons (Fsp3) is 0.333. The molecule has 5 nitrogen and oxygen atoms in total. The van der Waals surface area contributed by atoms with Crippen LogP contribution < -0.4 is 4.74 Å². The highest BCUT2D eigenvalue weighted by Gasteiger charge is 2.45. The van der Waals surface area contributed by atoms with Crippen molar-refractivity contribution >= 4 is 11.6 Å². The lowest BCUT2D eigenvalue weighted by molar-refractivity contribution is -0.157. The van der Waals surface area contributed by atoms with E-state index in [4.69, 9.17) is 4.74 Å². The molecule has 0 spiro atoms. The minimum absolute atomic E-state index is 0.194. The smallest absolute Gasteiger partial charge is 0.250 e. The first kappa shape index (κ1) is 18.1. The Labute approximate surface area is 153 Å². The Bertz CT molecular complexity index is 812. The van der Waals surface area contributed by atoms with Gasteiger partial charge in [0.1, 0.15) is 5.75 Å². The second-order valence-electron chi connectivity index (χ2n) is 6.61. The number of rotatable bonds is 5. The van der Waals surface area contributed by atoms with Crippen molar-refractivity contribution in [3.05, 3.63) is 65.2 Å². The summed E-state index contributed by atoms with van der Waals surface area (Å²) in [6.45, 7) is 3.98. The second-order valence-corrected chi connectivity index (χ2v) is 6.61. The number of ether oxygens (including phenoxy) is 1. The van der Waals surface area contributed by atoms with Crippen LogP contribution >= 0.6 is 0 Å². The lowest BCUT2D eigenvalue weighted by atomic mass is 9.96. The summed E-state index contributed by atoms with van der Waals surface area (Å²) in [4.78, 5) is 12.9. The van der Waals surface area contributed by atoms with Crippen LogP contribution in [0, 0.1) is 6.92 Å². The molecule has 1 N–H and O–H groups in total. The van der Waals surface area contributed by atoms with Gasteiger partial charge in [0.05, 0.1) is 13.5 Å². The van der Waals surface area contributed by atoms with E-state index in [0.717, 1.165) is 16.8 Å². The number of hydrogen-bond donors (Lipinski definition) is 1. The van der Waals surface area contributed by atoms with Crippen molar-refractivity contribution in [2.45, 2.75) is 38.8 Å². The third kappa shape index (κ3) is 3.48. The SMILES string of the molecule is CCC1=NN(C(=O)Cc2ccc(C)cc2)[C@](O)(c2ccc(OC)cc2)C1. The average molecular weight is 352 g/mol. The highest BCUT2D eigenvalue weighted by Crippen LogP contribution is 2.37. The zero-order valence-electron chi connectivity index (χ0n) is 15.4. The minimum Gasteiger partial charge on any atom is -0.497 e. The minimum atomic E-state index is -1.46. The van der Waals surface area contributed by atoms with Gasteiger partial charge >= 0.3 is 0 Å². The highest BCUT2D eigenvalue weighted by molar-refractivity contribution is 5.91. The Kier molecular flexibility index (Phi) is 5.09. The van der Waals surface area contributed by atoms with Crippen molar-refractivity contribution in [2.75, 3.05) is 7.11 Å². The van der Waals surface area contributed by atoms with Gasteiger partial charge in [-0.25, -0.2) is 0 Å². The lowest BCUT2D eigenvalue weighted by Gasteiger charge is -2.31. The molecule has 0 saturated carbocycles. The van der Waals surface area contributed by atoms with Crippen LogP contribution in [-0.4, -0.2) is 28.8 Å². The predicted molar refractivity (Wildman–Crippen MR) is 101 cm³/mol. The molecular weight excluding hydrogens is 328 g/mol. The summed E-state index contributed by atoms with van der Waals surface area (Å²) >= 11 is 0. The van der Waals surface area contributed by atoms with Crippen LogP contribution in [0.5, 0.6) is 5.75 Å². The van der Waals surface area contributed by atoms with E-state index in [0.29, 0.717) is 24.2 Å². The number of hydrogen-bond acceptors (Lipinski definition) is 4. The van der Waals surface area contributed by atoms with Crippen LogP contribution in [0.1, 0.15) is 36.5 Å². The zero-order valence-corrected chi connectivity index (χ0v) is 15.4. The van der Waals surface area contributed by atoms with Crippen molar-refractivity contribution in [3.63, 3.8) is 0 Å². The Morgan fingerprint density at radius 1 is 1.19 bits per heavy atom. The van der Waals surface area contributed by atoms with Crippen LogP contribution in [-0.2, 0) is 16.9 Å². The molecule has 0 bridgehead atoms. The van der Waals surface area contributed by atoms with Gasteiger partial charge in [-0.05, 0) is 31.0 Å². The molecule has 1 amide bonds. The molecule has 1 aliphatic rings. The molecule has 1 heterocycles. The van der Waals surface area contributed by atoms with Gasteiger partial charge in [0.15, 0.2) is 5.72 Å². The van der Waals surface area contributed by atoms with Crippen LogP contribution in [0.4, 0.5) is 0 Å². The van der Waals surface area contributed by atoms with E-state index >= 15 is 0 Å². The van der Waals surface area contributed by atoms with Gasteiger partial charge in [0.2, 0.25) is 5.91 Å². The van der Waals surface area contributed by atoms with Crippen LogP contribution in [0.3, 0.4) is 0 Å². The molecule has 0 saturated heterocycles. The zero-order chi connectivity index (χ0) is 18.7. The lowest BCUT2D eigenvalue weighted by Crippen LogP contribution is -2.44. The fourth-order valence-electron chi connectivity index (χ4n) is 3.11. The van der Waals surface area contributed by atoms with E-state index in [9.17, 15) is 9.90 Å². The molecule has 0 fully saturated rings. The number of nitrogens with zero attached hydrogens (tertiary/aromatic N) is 2. The summed E-state index contributed by atoms with van der Waals surface area (Å²) in [6, 6.07) is 14.9. The molecule has 5 heteroatoms. The van der Waals surface area contributed by atoms with Gasteiger partial charge in [0, 0.05) is 17.7 Å². The van der Waals surface area contributed by atoms with E-state index in [1.807, 2.05) is 38.1 Å². The van der Waals surface area contributed by atoms with Crippen molar-refractivity contribution in [2.24, 2.45) is 5.10 Å². The highest BCUT2D eigenvalue weighted by atomic mass is 16.5. The van der Waals surface area contributed by atoms with Crippen LogP contribution in [0.15, 0.2) is 53.6 Å². The fourth-order valence-corrected chi connectivity index (χ4v) is 3.11. The van der Waals surface area contributed by atoms with Crippen molar-refractivity contribution in [1.82, 2.24) is 5.01 Å². The van der Waals surface area contributed by atoms with E-state index < -0.39 is 5.72 Å². The summed E-state index contributed by atoms with van der Waals surface area (Å²) in [7, 11) is 1.59. The number of aliphatic hydroxyl groups is 1. The molecule has 0 radical (unpaired) electrons. The van der Waals surface area contributed by atoms with Crippen molar-refractivity contribution in [1.29, 1.82) is 0 Å². The molecule has 26 heavy (non-hydrogen) atoms. The maximum Gasteiger partial charge on any atom is 0.250 e. The number of aryl methyl sites for hydroxylation is 1. The van der Waals surface area contributed by atoms with Crippen LogP contribution in [0.25, 0.3) is 0 Å². The summed E-state index contributed by atoms with van der Waals surface area (Å²) < 4.78 is 5.18. The number of carbonyl (C=O) groups is 1. The number of carbonyl (C=O) groups excluding carboxylic acids is 1. The normalized spacial score (nSPS) is 19.4. The van der Waals surface area contributed by atoms with E-state index in [1.54, 1.807) is 31.4 Å². The molecule has 1 aliphatic heterocycles. The van der Waals surface area contributed by atoms with E-state index in [2.05, 4.69) is 5.10 Å². The van der Waals surface area contributed by atoms with Gasteiger partial charge < -0.3 is 9.84 Å². The van der Waals surface area contributed by atoms with Crippen molar-refractivity contribution < 1.29 is 14.6 Å². The average Bonchev–Trinajstić information content (AvgIpc) is 3.02. The topological polar surface area (TPSA) is 62.1 Å². The van der Waals surface area contributed by atoms with E-state index in [-0.39, 0.29) is 12.3 Å². The number of amides is 1. The Morgan fingerprint density at radius 3 is 2.42 bits per heavy atom. The molecule has 1 atom stereocenters.